The lowest BCUT2D eigenvalue weighted by Gasteiger charge is -2.25. The third-order valence-corrected chi connectivity index (χ3v) is 3.15. The maximum absolute atomic E-state index is 12.3. The Bertz CT molecular complexity index is 317. The standard InChI is InChI=1S/C14H25NO6/c1-2-20-13(17)5-6-15(7-10-19-11-8-16)14(18)12-4-3-9-21-12/h12,16H,2-11H2,1H3. The smallest absolute Gasteiger partial charge is 0.307 e. The van der Waals surface area contributed by atoms with E-state index in [1.54, 1.807) is 11.8 Å². The predicted octanol–water partition coefficient (Wildman–Crippen LogP) is -0.0439. The van der Waals surface area contributed by atoms with Crippen LogP contribution in [0.1, 0.15) is 26.2 Å². The summed E-state index contributed by atoms with van der Waals surface area (Å²) >= 11 is 0. The van der Waals surface area contributed by atoms with Crippen LogP contribution in [0.15, 0.2) is 0 Å². The minimum Gasteiger partial charge on any atom is -0.466 e. The fourth-order valence-electron chi connectivity index (χ4n) is 2.11. The molecule has 0 spiro atoms. The highest BCUT2D eigenvalue weighted by atomic mass is 16.5. The number of aliphatic hydroxyl groups excluding tert-OH is 1. The van der Waals surface area contributed by atoms with Crippen LogP contribution in [0.3, 0.4) is 0 Å². The van der Waals surface area contributed by atoms with E-state index in [0.717, 1.165) is 6.42 Å². The Morgan fingerprint density at radius 2 is 2.14 bits per heavy atom. The number of rotatable bonds is 10. The molecular formula is C14H25NO6. The van der Waals surface area contributed by atoms with Crippen LogP contribution >= 0.6 is 0 Å². The van der Waals surface area contributed by atoms with Crippen molar-refractivity contribution in [3.63, 3.8) is 0 Å². The molecule has 1 saturated heterocycles. The molecular weight excluding hydrogens is 278 g/mol. The Morgan fingerprint density at radius 3 is 2.76 bits per heavy atom. The molecule has 1 unspecified atom stereocenters. The zero-order valence-corrected chi connectivity index (χ0v) is 12.6. The Hall–Kier alpha value is -1.18. The summed E-state index contributed by atoms with van der Waals surface area (Å²) in [4.78, 5) is 25.3. The van der Waals surface area contributed by atoms with Crippen LogP contribution in [-0.4, -0.2) is 74.1 Å². The van der Waals surface area contributed by atoms with Crippen molar-refractivity contribution in [1.29, 1.82) is 0 Å². The van der Waals surface area contributed by atoms with E-state index in [2.05, 4.69) is 0 Å². The van der Waals surface area contributed by atoms with Crippen LogP contribution in [0.5, 0.6) is 0 Å². The fraction of sp³-hybridized carbons (Fsp3) is 0.857. The minimum absolute atomic E-state index is 0.0531. The van der Waals surface area contributed by atoms with Gasteiger partial charge in [0.05, 0.1) is 32.8 Å². The maximum atomic E-state index is 12.3. The molecule has 0 radical (unpaired) electrons. The molecule has 0 bridgehead atoms. The highest BCUT2D eigenvalue weighted by Gasteiger charge is 2.28. The zero-order valence-electron chi connectivity index (χ0n) is 12.6. The zero-order chi connectivity index (χ0) is 15.5. The van der Waals surface area contributed by atoms with Gasteiger partial charge in [0.1, 0.15) is 6.10 Å². The monoisotopic (exact) mass is 303 g/mol. The largest absolute Gasteiger partial charge is 0.466 e. The molecule has 1 N–H and O–H groups in total. The van der Waals surface area contributed by atoms with Crippen LogP contribution in [0, 0.1) is 0 Å². The molecule has 0 aromatic carbocycles. The first-order valence-electron chi connectivity index (χ1n) is 7.43. The highest BCUT2D eigenvalue weighted by molar-refractivity contribution is 5.81. The summed E-state index contributed by atoms with van der Waals surface area (Å²) in [6, 6.07) is 0. The lowest BCUT2D eigenvalue weighted by molar-refractivity contribution is -0.146. The van der Waals surface area contributed by atoms with Crippen molar-refractivity contribution in [1.82, 2.24) is 4.90 Å². The number of carbonyl (C=O) groups excluding carboxylic acids is 2. The SMILES string of the molecule is CCOC(=O)CCN(CCOCCO)C(=O)C1CCCO1. The van der Waals surface area contributed by atoms with Gasteiger partial charge in [-0.15, -0.1) is 0 Å². The van der Waals surface area contributed by atoms with E-state index in [1.807, 2.05) is 0 Å². The summed E-state index contributed by atoms with van der Waals surface area (Å²) in [7, 11) is 0. The number of aliphatic hydroxyl groups is 1. The fourth-order valence-corrected chi connectivity index (χ4v) is 2.11. The van der Waals surface area contributed by atoms with Crippen LogP contribution in [-0.2, 0) is 23.8 Å². The Balaban J connectivity index is 2.43. The van der Waals surface area contributed by atoms with E-state index in [4.69, 9.17) is 19.3 Å². The highest BCUT2D eigenvalue weighted by Crippen LogP contribution is 2.15. The third-order valence-electron chi connectivity index (χ3n) is 3.15. The normalized spacial score (nSPS) is 17.7. The molecule has 1 fully saturated rings. The van der Waals surface area contributed by atoms with E-state index in [9.17, 15) is 9.59 Å². The molecule has 0 aromatic heterocycles. The van der Waals surface area contributed by atoms with Gasteiger partial charge in [-0.1, -0.05) is 0 Å². The summed E-state index contributed by atoms with van der Waals surface area (Å²) in [6.45, 7) is 3.85. The molecule has 7 heteroatoms. The lowest BCUT2D eigenvalue weighted by atomic mass is 10.2. The van der Waals surface area contributed by atoms with Crippen molar-refractivity contribution in [2.24, 2.45) is 0 Å². The molecule has 7 nitrogen and oxygen atoms in total. The summed E-state index contributed by atoms with van der Waals surface area (Å²) in [5, 5.41) is 8.66. The molecule has 0 aromatic rings. The van der Waals surface area contributed by atoms with E-state index in [0.29, 0.717) is 39.3 Å². The number of carbonyl (C=O) groups is 2. The van der Waals surface area contributed by atoms with Gasteiger partial charge in [-0.25, -0.2) is 0 Å². The lowest BCUT2D eigenvalue weighted by Crippen LogP contribution is -2.42. The average molecular weight is 303 g/mol. The third kappa shape index (κ3) is 6.88. The molecule has 1 heterocycles. The van der Waals surface area contributed by atoms with Gasteiger partial charge in [0.25, 0.3) is 5.91 Å². The molecule has 0 saturated carbocycles. The first kappa shape index (κ1) is 17.9. The second kappa shape index (κ2) is 10.5. The maximum Gasteiger partial charge on any atom is 0.307 e. The van der Waals surface area contributed by atoms with Gasteiger partial charge < -0.3 is 24.2 Å². The second-order valence-corrected chi connectivity index (χ2v) is 4.72. The molecule has 1 amide bonds. The summed E-state index contributed by atoms with van der Waals surface area (Å²) < 4.78 is 15.4. The number of hydrogen-bond donors (Lipinski definition) is 1. The van der Waals surface area contributed by atoms with Crippen molar-refractivity contribution in [3.8, 4) is 0 Å². The summed E-state index contributed by atoms with van der Waals surface area (Å²) in [6.07, 6.45) is 1.34. The topological polar surface area (TPSA) is 85.3 Å². The quantitative estimate of drug-likeness (QED) is 0.450. The van der Waals surface area contributed by atoms with Gasteiger partial charge in [0, 0.05) is 19.7 Å². The van der Waals surface area contributed by atoms with Crippen molar-refractivity contribution < 1.29 is 28.9 Å². The van der Waals surface area contributed by atoms with Crippen LogP contribution in [0.2, 0.25) is 0 Å². The van der Waals surface area contributed by atoms with Gasteiger partial charge in [0.2, 0.25) is 0 Å². The first-order chi connectivity index (χ1) is 10.2. The predicted molar refractivity (Wildman–Crippen MR) is 74.7 cm³/mol. The summed E-state index contributed by atoms with van der Waals surface area (Å²) in [5.41, 5.74) is 0. The first-order valence-corrected chi connectivity index (χ1v) is 7.43. The van der Waals surface area contributed by atoms with Crippen molar-refractivity contribution in [2.75, 3.05) is 46.1 Å². The van der Waals surface area contributed by atoms with E-state index < -0.39 is 6.10 Å². The van der Waals surface area contributed by atoms with Gasteiger partial charge in [-0.3, -0.25) is 9.59 Å². The van der Waals surface area contributed by atoms with Crippen LogP contribution in [0.4, 0.5) is 0 Å². The van der Waals surface area contributed by atoms with E-state index in [1.165, 1.54) is 0 Å². The molecule has 122 valence electrons. The molecule has 1 atom stereocenters. The number of amides is 1. The van der Waals surface area contributed by atoms with Gasteiger partial charge in [0.15, 0.2) is 0 Å². The molecule has 0 aliphatic carbocycles. The van der Waals surface area contributed by atoms with Crippen molar-refractivity contribution in [3.05, 3.63) is 0 Å². The molecule has 1 rings (SSSR count). The molecule has 21 heavy (non-hydrogen) atoms. The van der Waals surface area contributed by atoms with Gasteiger partial charge in [-0.2, -0.15) is 0 Å². The van der Waals surface area contributed by atoms with Gasteiger partial charge >= 0.3 is 5.97 Å². The molecule has 1 aliphatic heterocycles. The number of esters is 1. The second-order valence-electron chi connectivity index (χ2n) is 4.72. The summed E-state index contributed by atoms with van der Waals surface area (Å²) in [5.74, 6) is -0.427. The number of ether oxygens (including phenoxy) is 3. The van der Waals surface area contributed by atoms with Crippen molar-refractivity contribution in [2.45, 2.75) is 32.3 Å². The van der Waals surface area contributed by atoms with E-state index in [-0.39, 0.29) is 31.5 Å². The van der Waals surface area contributed by atoms with E-state index >= 15 is 0 Å². The molecule has 1 aliphatic rings. The van der Waals surface area contributed by atoms with Crippen molar-refractivity contribution >= 4 is 11.9 Å². The van der Waals surface area contributed by atoms with Gasteiger partial charge in [-0.05, 0) is 19.8 Å². The number of hydrogen-bond acceptors (Lipinski definition) is 6. The Morgan fingerprint density at radius 1 is 1.33 bits per heavy atom. The minimum atomic E-state index is -0.412. The Labute approximate surface area is 125 Å². The average Bonchev–Trinajstić information content (AvgIpc) is 3.00. The van der Waals surface area contributed by atoms with Crippen LogP contribution in [0.25, 0.3) is 0 Å². The Kier molecular flexibility index (Phi) is 8.96. The van der Waals surface area contributed by atoms with Crippen LogP contribution < -0.4 is 0 Å². The number of nitrogens with zero attached hydrogens (tertiary/aromatic N) is 1.